The average Bonchev–Trinajstić information content (AvgIpc) is 2.70. The topological polar surface area (TPSA) is 133 Å². The fourth-order valence-electron chi connectivity index (χ4n) is 1.10. The van der Waals surface area contributed by atoms with Crippen LogP contribution in [0.3, 0.4) is 0 Å². The van der Waals surface area contributed by atoms with E-state index in [-0.39, 0.29) is 6.04 Å². The van der Waals surface area contributed by atoms with E-state index in [0.29, 0.717) is 0 Å². The maximum atomic E-state index is 10.1. The number of nitrogens with one attached hydrogen (secondary N) is 1. The molecule has 7 heteroatoms. The van der Waals surface area contributed by atoms with Crippen LogP contribution in [-0.2, 0) is 9.59 Å². The van der Waals surface area contributed by atoms with Crippen molar-refractivity contribution in [3.8, 4) is 0 Å². The van der Waals surface area contributed by atoms with E-state index < -0.39 is 24.1 Å². The van der Waals surface area contributed by atoms with Gasteiger partial charge in [0.1, 0.15) is 12.1 Å². The van der Waals surface area contributed by atoms with Crippen LogP contribution < -0.4 is 11.1 Å². The van der Waals surface area contributed by atoms with E-state index in [0.717, 1.165) is 19.4 Å². The van der Waals surface area contributed by atoms with Crippen LogP contribution >= 0.6 is 0 Å². The summed E-state index contributed by atoms with van der Waals surface area (Å²) in [7, 11) is 0. The highest BCUT2D eigenvalue weighted by atomic mass is 16.4. The van der Waals surface area contributed by atoms with Crippen LogP contribution in [0.25, 0.3) is 0 Å². The summed E-state index contributed by atoms with van der Waals surface area (Å²) in [5, 5.41) is 27.8. The third kappa shape index (κ3) is 5.64. The van der Waals surface area contributed by atoms with Crippen molar-refractivity contribution in [1.29, 1.82) is 0 Å². The molecule has 0 aromatic carbocycles. The zero-order valence-electron chi connectivity index (χ0n) is 9.09. The lowest BCUT2D eigenvalue weighted by Crippen LogP contribution is -2.39. The summed E-state index contributed by atoms with van der Waals surface area (Å²) < 4.78 is 0. The first-order valence-corrected chi connectivity index (χ1v) is 4.99. The maximum Gasteiger partial charge on any atom is 0.323 e. The van der Waals surface area contributed by atoms with Crippen molar-refractivity contribution in [2.75, 3.05) is 6.54 Å². The van der Waals surface area contributed by atoms with Gasteiger partial charge in [0.15, 0.2) is 0 Å². The molecule has 0 bridgehead atoms. The van der Waals surface area contributed by atoms with Gasteiger partial charge in [-0.15, -0.1) is 0 Å². The van der Waals surface area contributed by atoms with Gasteiger partial charge in [0.05, 0.1) is 6.10 Å². The summed E-state index contributed by atoms with van der Waals surface area (Å²) in [6, 6.07) is -1.43. The number of aliphatic carboxylic acids is 2. The van der Waals surface area contributed by atoms with E-state index in [1.165, 1.54) is 6.92 Å². The monoisotopic (exact) mass is 234 g/mol. The minimum absolute atomic E-state index is 0.269. The van der Waals surface area contributed by atoms with Crippen molar-refractivity contribution < 1.29 is 24.9 Å². The molecule has 1 aliphatic heterocycles. The van der Waals surface area contributed by atoms with Gasteiger partial charge in [0, 0.05) is 0 Å². The zero-order chi connectivity index (χ0) is 12.7. The minimum atomic E-state index is -1.18. The quantitative estimate of drug-likeness (QED) is 0.405. The SMILES string of the molecule is C[C@@H](O)[C@H](N)C(=O)O.O=C(O)C1CCCN1. The predicted molar refractivity (Wildman–Crippen MR) is 56.0 cm³/mol. The highest BCUT2D eigenvalue weighted by Gasteiger charge is 2.20. The second-order valence-electron chi connectivity index (χ2n) is 3.59. The van der Waals surface area contributed by atoms with Crippen LogP contribution in [0.5, 0.6) is 0 Å². The molecule has 0 amide bonds. The summed E-state index contributed by atoms with van der Waals surface area (Å²) in [5.74, 6) is -1.90. The molecule has 0 spiro atoms. The summed E-state index contributed by atoms with van der Waals surface area (Å²) in [6.07, 6.45) is 0.805. The highest BCUT2D eigenvalue weighted by molar-refractivity contribution is 5.74. The second-order valence-corrected chi connectivity index (χ2v) is 3.59. The smallest absolute Gasteiger partial charge is 0.323 e. The Labute approximate surface area is 93.3 Å². The Balaban J connectivity index is 0.000000281. The molecule has 1 rings (SSSR count). The molecule has 1 heterocycles. The Morgan fingerprint density at radius 3 is 2.12 bits per heavy atom. The largest absolute Gasteiger partial charge is 0.480 e. The molecule has 6 N–H and O–H groups in total. The fourth-order valence-corrected chi connectivity index (χ4v) is 1.10. The first-order chi connectivity index (χ1) is 7.36. The first kappa shape index (κ1) is 14.8. The third-order valence-electron chi connectivity index (χ3n) is 2.16. The normalized spacial score (nSPS) is 22.8. The van der Waals surface area contributed by atoms with Crippen molar-refractivity contribution in [3.05, 3.63) is 0 Å². The summed E-state index contributed by atoms with van der Waals surface area (Å²) in [5.41, 5.74) is 4.91. The Kier molecular flexibility index (Phi) is 6.63. The molecule has 7 nitrogen and oxygen atoms in total. The molecule has 0 saturated carbocycles. The average molecular weight is 234 g/mol. The molecule has 0 aliphatic carbocycles. The Hall–Kier alpha value is -1.18. The van der Waals surface area contributed by atoms with Crippen molar-refractivity contribution in [1.82, 2.24) is 5.32 Å². The molecule has 3 atom stereocenters. The highest BCUT2D eigenvalue weighted by Crippen LogP contribution is 2.03. The van der Waals surface area contributed by atoms with E-state index in [9.17, 15) is 9.59 Å². The lowest BCUT2D eigenvalue weighted by Gasteiger charge is -2.06. The zero-order valence-corrected chi connectivity index (χ0v) is 9.09. The van der Waals surface area contributed by atoms with E-state index >= 15 is 0 Å². The van der Waals surface area contributed by atoms with Gasteiger partial charge in [0.2, 0.25) is 0 Å². The number of aliphatic hydroxyl groups is 1. The third-order valence-corrected chi connectivity index (χ3v) is 2.16. The summed E-state index contributed by atoms with van der Waals surface area (Å²) >= 11 is 0. The van der Waals surface area contributed by atoms with Gasteiger partial charge < -0.3 is 26.4 Å². The van der Waals surface area contributed by atoms with Crippen molar-refractivity contribution in [2.45, 2.75) is 38.0 Å². The van der Waals surface area contributed by atoms with Crippen molar-refractivity contribution in [2.24, 2.45) is 5.73 Å². The number of hydrogen-bond acceptors (Lipinski definition) is 5. The van der Waals surface area contributed by atoms with E-state index in [1.54, 1.807) is 0 Å². The second kappa shape index (κ2) is 7.15. The molecular formula is C9H18N2O5. The van der Waals surface area contributed by atoms with Gasteiger partial charge in [-0.1, -0.05) is 0 Å². The van der Waals surface area contributed by atoms with Crippen LogP contribution in [0.15, 0.2) is 0 Å². The predicted octanol–water partition coefficient (Wildman–Crippen LogP) is -1.40. The molecule has 16 heavy (non-hydrogen) atoms. The van der Waals surface area contributed by atoms with Crippen LogP contribution in [0.1, 0.15) is 19.8 Å². The van der Waals surface area contributed by atoms with Gasteiger partial charge in [-0.2, -0.15) is 0 Å². The molecule has 94 valence electrons. The molecule has 0 radical (unpaired) electrons. The number of carboxylic acid groups (broad SMARTS) is 2. The summed E-state index contributed by atoms with van der Waals surface area (Å²) in [6.45, 7) is 2.19. The number of rotatable bonds is 3. The molecular weight excluding hydrogens is 216 g/mol. The lowest BCUT2D eigenvalue weighted by atomic mass is 10.2. The summed E-state index contributed by atoms with van der Waals surface area (Å²) in [4.78, 5) is 20.0. The lowest BCUT2D eigenvalue weighted by molar-refractivity contribution is -0.141. The van der Waals surface area contributed by atoms with Gasteiger partial charge >= 0.3 is 11.9 Å². The number of carbonyl (C=O) groups is 2. The molecule has 0 aromatic heterocycles. The number of carboxylic acids is 2. The first-order valence-electron chi connectivity index (χ1n) is 4.99. The number of hydrogen-bond donors (Lipinski definition) is 5. The maximum absolute atomic E-state index is 10.1. The minimum Gasteiger partial charge on any atom is -0.480 e. The standard InChI is InChI=1S/C5H9NO2.C4H9NO3/c7-5(8)4-2-1-3-6-4;1-2(6)3(5)4(7)8/h4,6H,1-3H2,(H,7,8);2-3,6H,5H2,1H3,(H,7,8)/t;2-,3+/m.1/s1. The number of nitrogens with two attached hydrogens (primary N) is 1. The van der Waals surface area contributed by atoms with Gasteiger partial charge in [-0.3, -0.25) is 9.59 Å². The molecule has 0 aromatic rings. The number of aliphatic hydroxyl groups excluding tert-OH is 1. The van der Waals surface area contributed by atoms with Crippen molar-refractivity contribution in [3.63, 3.8) is 0 Å². The fraction of sp³-hybridized carbons (Fsp3) is 0.778. The van der Waals surface area contributed by atoms with E-state index in [2.05, 4.69) is 5.32 Å². The Bertz CT molecular complexity index is 226. The van der Waals surface area contributed by atoms with E-state index in [1.807, 2.05) is 0 Å². The Morgan fingerprint density at radius 1 is 1.44 bits per heavy atom. The van der Waals surface area contributed by atoms with Crippen LogP contribution in [-0.4, -0.2) is 52.0 Å². The van der Waals surface area contributed by atoms with Crippen LogP contribution in [0.4, 0.5) is 0 Å². The van der Waals surface area contributed by atoms with Crippen LogP contribution in [0.2, 0.25) is 0 Å². The van der Waals surface area contributed by atoms with Gasteiger partial charge in [-0.05, 0) is 26.3 Å². The molecule has 1 unspecified atom stereocenters. The van der Waals surface area contributed by atoms with Crippen LogP contribution in [0, 0.1) is 0 Å². The molecule has 1 saturated heterocycles. The Morgan fingerprint density at radius 2 is 2.00 bits per heavy atom. The van der Waals surface area contributed by atoms with Gasteiger partial charge in [-0.25, -0.2) is 0 Å². The van der Waals surface area contributed by atoms with Gasteiger partial charge in [0.25, 0.3) is 0 Å². The molecule has 1 aliphatic rings. The van der Waals surface area contributed by atoms with Crippen molar-refractivity contribution >= 4 is 11.9 Å². The van der Waals surface area contributed by atoms with E-state index in [4.69, 9.17) is 21.1 Å². The molecule has 1 fully saturated rings.